The highest BCUT2D eigenvalue weighted by molar-refractivity contribution is 5.92. The second kappa shape index (κ2) is 6.44. The van der Waals surface area contributed by atoms with Crippen molar-refractivity contribution in [3.63, 3.8) is 0 Å². The number of hydrogen-bond acceptors (Lipinski definition) is 3. The van der Waals surface area contributed by atoms with E-state index in [1.54, 1.807) is 13.2 Å². The summed E-state index contributed by atoms with van der Waals surface area (Å²) in [6, 6.07) is 19.1. The second-order valence-electron chi connectivity index (χ2n) is 6.00. The average molecular weight is 347 g/mol. The molecule has 0 bridgehead atoms. The van der Waals surface area contributed by atoms with E-state index in [2.05, 4.69) is 4.98 Å². The number of aromatic amines is 1. The highest BCUT2D eigenvalue weighted by Crippen LogP contribution is 2.34. The Morgan fingerprint density at radius 3 is 2.62 bits per heavy atom. The van der Waals surface area contributed by atoms with Gasteiger partial charge in [-0.25, -0.2) is 4.79 Å². The largest absolute Gasteiger partial charge is 0.497 e. The van der Waals surface area contributed by atoms with Crippen LogP contribution in [0.4, 0.5) is 0 Å². The Kier molecular flexibility index (Phi) is 3.97. The Morgan fingerprint density at radius 1 is 1.12 bits per heavy atom. The van der Waals surface area contributed by atoms with Crippen LogP contribution < -0.4 is 4.74 Å². The van der Waals surface area contributed by atoms with E-state index >= 15 is 0 Å². The van der Waals surface area contributed by atoms with E-state index in [4.69, 9.17) is 14.3 Å². The Balaban J connectivity index is 1.85. The molecule has 2 aromatic heterocycles. The molecule has 0 aliphatic rings. The Hall–Kier alpha value is -3.47. The lowest BCUT2D eigenvalue weighted by Crippen LogP contribution is -1.93. The number of benzene rings is 2. The first kappa shape index (κ1) is 16.0. The third kappa shape index (κ3) is 2.84. The first-order valence-corrected chi connectivity index (χ1v) is 8.21. The molecule has 0 amide bonds. The molecule has 4 rings (SSSR count). The van der Waals surface area contributed by atoms with Crippen molar-refractivity contribution in [2.45, 2.75) is 6.42 Å². The normalized spacial score (nSPS) is 11.0. The minimum absolute atomic E-state index is 0.0530. The number of aromatic carboxylic acids is 1. The molecule has 0 radical (unpaired) electrons. The summed E-state index contributed by atoms with van der Waals surface area (Å²) in [5.74, 6) is 0.262. The molecule has 0 aliphatic heterocycles. The van der Waals surface area contributed by atoms with E-state index in [0.717, 1.165) is 33.5 Å². The van der Waals surface area contributed by atoms with Gasteiger partial charge in [-0.05, 0) is 35.4 Å². The van der Waals surface area contributed by atoms with E-state index < -0.39 is 5.97 Å². The molecule has 0 spiro atoms. The third-order valence-electron chi connectivity index (χ3n) is 4.40. The van der Waals surface area contributed by atoms with Crippen LogP contribution in [0.1, 0.15) is 21.9 Å². The summed E-state index contributed by atoms with van der Waals surface area (Å²) in [6.45, 7) is 0. The quantitative estimate of drug-likeness (QED) is 0.547. The van der Waals surface area contributed by atoms with Crippen molar-refractivity contribution >= 4 is 16.9 Å². The molecule has 0 fully saturated rings. The number of nitrogens with one attached hydrogen (secondary N) is 1. The van der Waals surface area contributed by atoms with E-state index in [1.807, 2.05) is 48.5 Å². The van der Waals surface area contributed by atoms with Gasteiger partial charge in [-0.2, -0.15) is 0 Å². The van der Waals surface area contributed by atoms with Crippen LogP contribution in [0, 0.1) is 0 Å². The zero-order valence-electron chi connectivity index (χ0n) is 14.2. The molecule has 5 nitrogen and oxygen atoms in total. The van der Waals surface area contributed by atoms with Crippen LogP contribution in [0.25, 0.3) is 22.2 Å². The number of rotatable bonds is 5. The van der Waals surface area contributed by atoms with Crippen LogP contribution in [-0.4, -0.2) is 23.2 Å². The number of carboxylic acid groups (broad SMARTS) is 1. The summed E-state index contributed by atoms with van der Waals surface area (Å²) < 4.78 is 10.8. The molecule has 2 N–H and O–H groups in total. The molecule has 130 valence electrons. The minimum atomic E-state index is -1.07. The van der Waals surface area contributed by atoms with Gasteiger partial charge < -0.3 is 19.2 Å². The fourth-order valence-electron chi connectivity index (χ4n) is 3.16. The first-order valence-electron chi connectivity index (χ1n) is 8.21. The van der Waals surface area contributed by atoms with Crippen LogP contribution in [0.15, 0.2) is 65.1 Å². The van der Waals surface area contributed by atoms with Gasteiger partial charge in [-0.3, -0.25) is 0 Å². The van der Waals surface area contributed by atoms with Crippen molar-refractivity contribution in [2.24, 2.45) is 0 Å². The first-order chi connectivity index (χ1) is 12.7. The molecule has 0 atom stereocenters. The van der Waals surface area contributed by atoms with Gasteiger partial charge in [0.15, 0.2) is 0 Å². The van der Waals surface area contributed by atoms with E-state index in [0.29, 0.717) is 12.2 Å². The van der Waals surface area contributed by atoms with Crippen molar-refractivity contribution in [3.05, 3.63) is 77.7 Å². The topological polar surface area (TPSA) is 75.5 Å². The standard InChI is InChI=1S/C21H17NO4/c1-25-14-7-9-16-17(11-15-8-10-19(26-15)21(23)24)20(22-18(16)12-14)13-5-3-2-4-6-13/h2-10,12,22H,11H2,1H3,(H,23,24). The number of H-pyrrole nitrogens is 1. The molecular weight excluding hydrogens is 330 g/mol. The van der Waals surface area contributed by atoms with Crippen LogP contribution in [0.3, 0.4) is 0 Å². The van der Waals surface area contributed by atoms with Crippen molar-refractivity contribution < 1.29 is 19.1 Å². The Labute approximate surface area is 149 Å². The number of carbonyl (C=O) groups is 1. The average Bonchev–Trinajstić information content (AvgIpc) is 3.27. The highest BCUT2D eigenvalue weighted by atomic mass is 16.5. The van der Waals surface area contributed by atoms with Gasteiger partial charge in [-0.15, -0.1) is 0 Å². The maximum atomic E-state index is 11.1. The van der Waals surface area contributed by atoms with Crippen LogP contribution in [-0.2, 0) is 6.42 Å². The monoisotopic (exact) mass is 347 g/mol. The molecular formula is C21H17NO4. The molecule has 4 aromatic rings. The van der Waals surface area contributed by atoms with Gasteiger partial charge in [0.2, 0.25) is 5.76 Å². The Morgan fingerprint density at radius 2 is 1.92 bits per heavy atom. The highest BCUT2D eigenvalue weighted by Gasteiger charge is 2.17. The fraction of sp³-hybridized carbons (Fsp3) is 0.0952. The van der Waals surface area contributed by atoms with Crippen LogP contribution >= 0.6 is 0 Å². The summed E-state index contributed by atoms with van der Waals surface area (Å²) in [4.78, 5) is 14.5. The maximum Gasteiger partial charge on any atom is 0.371 e. The van der Waals surface area contributed by atoms with Gasteiger partial charge in [0.05, 0.1) is 12.8 Å². The maximum absolute atomic E-state index is 11.1. The van der Waals surface area contributed by atoms with Gasteiger partial charge in [0.1, 0.15) is 11.5 Å². The van der Waals surface area contributed by atoms with Crippen LogP contribution in [0.5, 0.6) is 5.75 Å². The van der Waals surface area contributed by atoms with Gasteiger partial charge >= 0.3 is 5.97 Å². The summed E-state index contributed by atoms with van der Waals surface area (Å²) in [7, 11) is 1.64. The molecule has 0 saturated heterocycles. The summed E-state index contributed by atoms with van der Waals surface area (Å²) in [5.41, 5.74) is 4.06. The lowest BCUT2D eigenvalue weighted by molar-refractivity contribution is 0.0660. The smallest absolute Gasteiger partial charge is 0.371 e. The molecule has 26 heavy (non-hydrogen) atoms. The number of carboxylic acids is 1. The number of furan rings is 1. The lowest BCUT2D eigenvalue weighted by Gasteiger charge is -2.04. The van der Waals surface area contributed by atoms with Crippen molar-refractivity contribution in [3.8, 4) is 17.0 Å². The van der Waals surface area contributed by atoms with Crippen molar-refractivity contribution in [1.82, 2.24) is 4.98 Å². The van der Waals surface area contributed by atoms with Crippen LogP contribution in [0.2, 0.25) is 0 Å². The van der Waals surface area contributed by atoms with Crippen molar-refractivity contribution in [2.75, 3.05) is 7.11 Å². The number of fused-ring (bicyclic) bond motifs is 1. The van der Waals surface area contributed by atoms with E-state index in [1.165, 1.54) is 6.07 Å². The second-order valence-corrected chi connectivity index (χ2v) is 6.00. The number of methoxy groups -OCH3 is 1. The summed E-state index contributed by atoms with van der Waals surface area (Å²) in [5, 5.41) is 10.1. The van der Waals surface area contributed by atoms with Gasteiger partial charge in [-0.1, -0.05) is 30.3 Å². The minimum Gasteiger partial charge on any atom is -0.497 e. The molecule has 2 aromatic carbocycles. The SMILES string of the molecule is COc1ccc2c(Cc3ccc(C(=O)O)o3)c(-c3ccccc3)[nH]c2c1. The predicted octanol–water partition coefficient (Wildman–Crippen LogP) is 4.73. The fourth-order valence-corrected chi connectivity index (χ4v) is 3.16. The number of ether oxygens (including phenoxy) is 1. The molecule has 5 heteroatoms. The predicted molar refractivity (Wildman–Crippen MR) is 98.8 cm³/mol. The molecule has 0 unspecified atom stereocenters. The Bertz CT molecular complexity index is 1080. The van der Waals surface area contributed by atoms with Crippen molar-refractivity contribution in [1.29, 1.82) is 0 Å². The zero-order valence-corrected chi connectivity index (χ0v) is 14.2. The van der Waals surface area contributed by atoms with E-state index in [-0.39, 0.29) is 5.76 Å². The molecule has 0 saturated carbocycles. The number of hydrogen-bond donors (Lipinski definition) is 2. The summed E-state index contributed by atoms with van der Waals surface area (Å²) in [6.07, 6.45) is 0.490. The third-order valence-corrected chi connectivity index (χ3v) is 4.40. The molecule has 0 aliphatic carbocycles. The lowest BCUT2D eigenvalue weighted by atomic mass is 10.0. The van der Waals surface area contributed by atoms with E-state index in [9.17, 15) is 4.79 Å². The molecule has 2 heterocycles. The zero-order chi connectivity index (χ0) is 18.1. The number of aromatic nitrogens is 1. The summed E-state index contributed by atoms with van der Waals surface area (Å²) >= 11 is 0. The van der Waals surface area contributed by atoms with Gasteiger partial charge in [0.25, 0.3) is 0 Å². The van der Waals surface area contributed by atoms with Gasteiger partial charge in [0, 0.05) is 23.4 Å².